The minimum atomic E-state index is -0.862. The topological polar surface area (TPSA) is 57.5 Å². The molecule has 0 amide bonds. The van der Waals surface area contributed by atoms with Crippen molar-refractivity contribution in [2.45, 2.75) is 30.6 Å². The van der Waals surface area contributed by atoms with Crippen molar-refractivity contribution in [3.8, 4) is 5.75 Å². The number of carbonyl (C=O) groups is 1. The monoisotopic (exact) mass is 240 g/mol. The molecule has 2 N–H and O–H groups in total. The van der Waals surface area contributed by atoms with E-state index in [1.54, 1.807) is 17.8 Å². The predicted octanol–water partition coefficient (Wildman–Crippen LogP) is 2.87. The maximum Gasteiger partial charge on any atom is 0.304 e. The first-order chi connectivity index (χ1) is 7.36. The van der Waals surface area contributed by atoms with Gasteiger partial charge in [0.05, 0.1) is 6.42 Å². The highest BCUT2D eigenvalue weighted by Gasteiger charge is 2.27. The van der Waals surface area contributed by atoms with E-state index in [9.17, 15) is 9.90 Å². The van der Waals surface area contributed by atoms with E-state index in [1.165, 1.54) is 0 Å². The number of carboxylic acid groups (broad SMARTS) is 1. The Morgan fingerprint density at radius 3 is 2.56 bits per heavy atom. The number of hydrogen-bond donors (Lipinski definition) is 2. The summed E-state index contributed by atoms with van der Waals surface area (Å²) in [6.45, 7) is 3.64. The Balaban J connectivity index is 3.14. The largest absolute Gasteiger partial charge is 0.508 e. The molecule has 0 radical (unpaired) electrons. The molecule has 0 atom stereocenters. The van der Waals surface area contributed by atoms with Gasteiger partial charge in [0.15, 0.2) is 0 Å². The first-order valence-corrected chi connectivity index (χ1v) is 6.18. The predicted molar refractivity (Wildman–Crippen MR) is 65.2 cm³/mol. The van der Waals surface area contributed by atoms with Crippen molar-refractivity contribution in [1.82, 2.24) is 0 Å². The van der Waals surface area contributed by atoms with Crippen LogP contribution < -0.4 is 0 Å². The molecule has 0 fully saturated rings. The molecule has 1 aromatic rings. The fourth-order valence-corrected chi connectivity index (χ4v) is 2.10. The van der Waals surface area contributed by atoms with Gasteiger partial charge in [-0.3, -0.25) is 4.79 Å². The first kappa shape index (κ1) is 12.9. The van der Waals surface area contributed by atoms with Gasteiger partial charge in [0.1, 0.15) is 5.75 Å². The van der Waals surface area contributed by atoms with Crippen LogP contribution in [0.2, 0.25) is 0 Å². The van der Waals surface area contributed by atoms with Gasteiger partial charge in [-0.2, -0.15) is 0 Å². The van der Waals surface area contributed by atoms with E-state index in [4.69, 9.17) is 5.11 Å². The molecule has 1 aromatic carbocycles. The minimum absolute atomic E-state index is 0.00159. The van der Waals surface area contributed by atoms with Crippen LogP contribution in [0, 0.1) is 0 Å². The molecule has 0 saturated carbocycles. The van der Waals surface area contributed by atoms with Gasteiger partial charge in [-0.05, 0) is 24.5 Å². The second-order valence-electron chi connectivity index (χ2n) is 4.34. The summed E-state index contributed by atoms with van der Waals surface area (Å²) < 4.78 is 0. The number of phenols is 1. The van der Waals surface area contributed by atoms with Crippen molar-refractivity contribution in [2.24, 2.45) is 0 Å². The molecule has 0 saturated heterocycles. The van der Waals surface area contributed by atoms with Crippen LogP contribution in [0.3, 0.4) is 0 Å². The van der Waals surface area contributed by atoms with Crippen LogP contribution in [0.5, 0.6) is 5.75 Å². The molecule has 0 spiro atoms. The number of aromatic hydroxyl groups is 1. The number of phenolic OH excluding ortho intramolecular Hbond substituents is 1. The third kappa shape index (κ3) is 2.92. The maximum absolute atomic E-state index is 10.8. The number of benzene rings is 1. The summed E-state index contributed by atoms with van der Waals surface area (Å²) in [5.74, 6) is -0.706. The van der Waals surface area contributed by atoms with E-state index in [0.29, 0.717) is 5.56 Å². The average molecular weight is 240 g/mol. The van der Waals surface area contributed by atoms with Crippen molar-refractivity contribution in [2.75, 3.05) is 6.26 Å². The van der Waals surface area contributed by atoms with E-state index < -0.39 is 11.4 Å². The van der Waals surface area contributed by atoms with Crippen molar-refractivity contribution in [1.29, 1.82) is 0 Å². The minimum Gasteiger partial charge on any atom is -0.508 e. The highest BCUT2D eigenvalue weighted by molar-refractivity contribution is 7.98. The highest BCUT2D eigenvalue weighted by atomic mass is 32.2. The SMILES string of the molecule is CSc1ccc(O)c(C(C)(C)CC(=O)O)c1. The summed E-state index contributed by atoms with van der Waals surface area (Å²) in [6, 6.07) is 5.29. The van der Waals surface area contributed by atoms with Gasteiger partial charge >= 0.3 is 5.97 Å². The summed E-state index contributed by atoms with van der Waals surface area (Å²) >= 11 is 1.57. The molecule has 0 heterocycles. The summed E-state index contributed by atoms with van der Waals surface area (Å²) in [5, 5.41) is 18.6. The van der Waals surface area contributed by atoms with Gasteiger partial charge in [0, 0.05) is 15.9 Å². The van der Waals surface area contributed by atoms with Crippen molar-refractivity contribution >= 4 is 17.7 Å². The quantitative estimate of drug-likeness (QED) is 0.794. The molecule has 88 valence electrons. The van der Waals surface area contributed by atoms with Crippen LogP contribution in [0.1, 0.15) is 25.8 Å². The average Bonchev–Trinajstić information content (AvgIpc) is 2.16. The van der Waals surface area contributed by atoms with Gasteiger partial charge < -0.3 is 10.2 Å². The van der Waals surface area contributed by atoms with Crippen LogP contribution in [0.15, 0.2) is 23.1 Å². The van der Waals surface area contributed by atoms with Crippen LogP contribution in [-0.4, -0.2) is 22.4 Å². The number of thioether (sulfide) groups is 1. The molecule has 16 heavy (non-hydrogen) atoms. The smallest absolute Gasteiger partial charge is 0.304 e. The molecule has 1 rings (SSSR count). The normalized spacial score (nSPS) is 11.4. The molecule has 0 aliphatic carbocycles. The summed E-state index contributed by atoms with van der Waals surface area (Å²) in [5.41, 5.74) is 0.114. The summed E-state index contributed by atoms with van der Waals surface area (Å²) in [6.07, 6.45) is 1.94. The van der Waals surface area contributed by atoms with Crippen LogP contribution in [0.25, 0.3) is 0 Å². The summed E-state index contributed by atoms with van der Waals surface area (Å²) in [7, 11) is 0. The molecule has 0 unspecified atom stereocenters. The lowest BCUT2D eigenvalue weighted by atomic mass is 9.81. The number of hydrogen-bond acceptors (Lipinski definition) is 3. The van der Waals surface area contributed by atoms with Crippen LogP contribution >= 0.6 is 11.8 Å². The molecule has 3 nitrogen and oxygen atoms in total. The van der Waals surface area contributed by atoms with E-state index in [-0.39, 0.29) is 12.2 Å². The third-order valence-corrected chi connectivity index (χ3v) is 3.25. The van der Waals surface area contributed by atoms with Crippen molar-refractivity contribution < 1.29 is 15.0 Å². The number of aliphatic carboxylic acids is 1. The second-order valence-corrected chi connectivity index (χ2v) is 5.22. The van der Waals surface area contributed by atoms with Gasteiger partial charge in [-0.1, -0.05) is 13.8 Å². The van der Waals surface area contributed by atoms with Crippen molar-refractivity contribution in [3.63, 3.8) is 0 Å². The molecule has 0 aromatic heterocycles. The van der Waals surface area contributed by atoms with Crippen LogP contribution in [0.4, 0.5) is 0 Å². The lowest BCUT2D eigenvalue weighted by Gasteiger charge is -2.24. The third-order valence-electron chi connectivity index (χ3n) is 2.53. The standard InChI is InChI=1S/C12H16O3S/c1-12(2,7-11(14)15)9-6-8(16-3)4-5-10(9)13/h4-6,13H,7H2,1-3H3,(H,14,15). The number of carboxylic acids is 1. The zero-order valence-electron chi connectivity index (χ0n) is 9.65. The lowest BCUT2D eigenvalue weighted by molar-refractivity contribution is -0.138. The van der Waals surface area contributed by atoms with Crippen molar-refractivity contribution in [3.05, 3.63) is 23.8 Å². The zero-order valence-corrected chi connectivity index (χ0v) is 10.5. The van der Waals surface area contributed by atoms with Gasteiger partial charge in [-0.15, -0.1) is 11.8 Å². The molecular formula is C12H16O3S. The van der Waals surface area contributed by atoms with E-state index in [0.717, 1.165) is 4.90 Å². The van der Waals surface area contributed by atoms with Gasteiger partial charge in [-0.25, -0.2) is 0 Å². The molecule has 0 bridgehead atoms. The summed E-state index contributed by atoms with van der Waals surface area (Å²) in [4.78, 5) is 11.8. The molecule has 4 heteroatoms. The van der Waals surface area contributed by atoms with Gasteiger partial charge in [0.25, 0.3) is 0 Å². The second kappa shape index (κ2) is 4.78. The van der Waals surface area contributed by atoms with E-state index in [2.05, 4.69) is 0 Å². The first-order valence-electron chi connectivity index (χ1n) is 4.96. The Morgan fingerprint density at radius 1 is 1.44 bits per heavy atom. The Bertz CT molecular complexity index is 399. The maximum atomic E-state index is 10.8. The highest BCUT2D eigenvalue weighted by Crippen LogP contribution is 2.35. The lowest BCUT2D eigenvalue weighted by Crippen LogP contribution is -2.21. The van der Waals surface area contributed by atoms with E-state index >= 15 is 0 Å². The van der Waals surface area contributed by atoms with Gasteiger partial charge in [0.2, 0.25) is 0 Å². The molecule has 0 aliphatic rings. The van der Waals surface area contributed by atoms with Crippen LogP contribution in [-0.2, 0) is 10.2 Å². The number of rotatable bonds is 4. The van der Waals surface area contributed by atoms with E-state index in [1.807, 2.05) is 32.2 Å². The fourth-order valence-electron chi connectivity index (χ4n) is 1.66. The molecular weight excluding hydrogens is 224 g/mol. The zero-order chi connectivity index (χ0) is 12.3. The Kier molecular flexibility index (Phi) is 3.86. The Hall–Kier alpha value is -1.16. The molecule has 0 aliphatic heterocycles. The Morgan fingerprint density at radius 2 is 2.06 bits per heavy atom. The Labute approximate surface area is 99.5 Å². The fraction of sp³-hybridized carbons (Fsp3) is 0.417.